The van der Waals surface area contributed by atoms with E-state index in [0.717, 1.165) is 34.5 Å². The summed E-state index contributed by atoms with van der Waals surface area (Å²) < 4.78 is 9.26. The molecule has 1 aliphatic heterocycles. The number of pyridine rings is 1. The number of rotatable bonds is 3. The lowest BCUT2D eigenvalue weighted by molar-refractivity contribution is 0.0473. The molecule has 0 N–H and O–H groups in total. The van der Waals surface area contributed by atoms with Crippen LogP contribution >= 0.6 is 27.3 Å². The van der Waals surface area contributed by atoms with Crippen LogP contribution in [0.5, 0.6) is 0 Å². The van der Waals surface area contributed by atoms with Crippen molar-refractivity contribution in [3.63, 3.8) is 0 Å². The van der Waals surface area contributed by atoms with E-state index in [-0.39, 0.29) is 17.7 Å². The number of carbonyl (C=O) groups excluding carboxylic acids is 1. The molecule has 0 unspecified atom stereocenters. The zero-order valence-electron chi connectivity index (χ0n) is 15.8. The lowest BCUT2D eigenvalue weighted by Crippen LogP contribution is -2.20. The Morgan fingerprint density at radius 1 is 1.30 bits per heavy atom. The minimum absolute atomic E-state index is 0.101. The fourth-order valence-corrected chi connectivity index (χ4v) is 5.10. The summed E-state index contributed by atoms with van der Waals surface area (Å²) in [7, 11) is 0. The summed E-state index contributed by atoms with van der Waals surface area (Å²) in [5.41, 5.74) is 1.03. The normalized spacial score (nSPS) is 13.1. The van der Waals surface area contributed by atoms with E-state index in [1.165, 1.54) is 10.5 Å². The van der Waals surface area contributed by atoms with Gasteiger partial charge in [0.25, 0.3) is 11.1 Å². The quantitative estimate of drug-likeness (QED) is 0.413. The number of aryl methyl sites for hydroxylation is 2. The van der Waals surface area contributed by atoms with Gasteiger partial charge in [-0.2, -0.15) is 0 Å². The van der Waals surface area contributed by atoms with Gasteiger partial charge in [0.2, 0.25) is 0 Å². The maximum atomic E-state index is 12.8. The van der Waals surface area contributed by atoms with Crippen molar-refractivity contribution in [3.05, 3.63) is 71.5 Å². The van der Waals surface area contributed by atoms with Gasteiger partial charge in [0.15, 0.2) is 0 Å². The number of halogens is 1. The summed E-state index contributed by atoms with van der Waals surface area (Å²) in [6, 6.07) is 4.81. The molecule has 0 amide bonds. The van der Waals surface area contributed by atoms with Crippen LogP contribution in [0.15, 0.2) is 38.5 Å². The lowest BCUT2D eigenvalue weighted by atomic mass is 10.2. The van der Waals surface area contributed by atoms with Crippen molar-refractivity contribution < 1.29 is 9.53 Å². The number of aromatic nitrogens is 4. The molecule has 0 atom stereocenters. The highest BCUT2D eigenvalue weighted by molar-refractivity contribution is 9.10. The molecule has 0 radical (unpaired) electrons. The second kappa shape index (κ2) is 7.13. The van der Waals surface area contributed by atoms with Crippen molar-refractivity contribution in [3.8, 4) is 0 Å². The molecule has 0 fully saturated rings. The van der Waals surface area contributed by atoms with Gasteiger partial charge in [0.1, 0.15) is 27.8 Å². The van der Waals surface area contributed by atoms with E-state index >= 15 is 0 Å². The highest BCUT2D eigenvalue weighted by atomic mass is 79.9. The molecule has 10 heteroatoms. The number of nitrogens with zero attached hydrogens (tertiary/aromatic N) is 4. The molecule has 4 aromatic heterocycles. The Kier molecular flexibility index (Phi) is 4.55. The maximum Gasteiger partial charge on any atom is 0.349 e. The van der Waals surface area contributed by atoms with Crippen LogP contribution in [-0.2, 0) is 24.3 Å². The molecule has 8 nitrogen and oxygen atoms in total. The van der Waals surface area contributed by atoms with Gasteiger partial charge in [-0.3, -0.25) is 18.6 Å². The summed E-state index contributed by atoms with van der Waals surface area (Å²) in [6.07, 6.45) is 3.30. The second-order valence-corrected chi connectivity index (χ2v) is 8.98. The maximum absolute atomic E-state index is 12.8. The van der Waals surface area contributed by atoms with Crippen molar-refractivity contribution in [2.45, 2.75) is 32.9 Å². The Hall–Kier alpha value is -2.85. The molecule has 1 aliphatic rings. The molecule has 30 heavy (non-hydrogen) atoms. The predicted octanol–water partition coefficient (Wildman–Crippen LogP) is 2.84. The van der Waals surface area contributed by atoms with Crippen LogP contribution in [0.4, 0.5) is 0 Å². The minimum Gasteiger partial charge on any atom is -0.455 e. The van der Waals surface area contributed by atoms with Gasteiger partial charge in [-0.15, -0.1) is 11.3 Å². The van der Waals surface area contributed by atoms with Gasteiger partial charge >= 0.3 is 5.97 Å². The first-order valence-electron chi connectivity index (χ1n) is 9.30. The second-order valence-electron chi connectivity index (χ2n) is 7.06. The van der Waals surface area contributed by atoms with E-state index in [4.69, 9.17) is 4.74 Å². The summed E-state index contributed by atoms with van der Waals surface area (Å²) in [5, 5.41) is 0.477. The molecular formula is C20H15BrN4O4S. The van der Waals surface area contributed by atoms with E-state index in [1.54, 1.807) is 29.8 Å². The number of thiophene rings is 1. The standard InChI is InChI=1S/C20H15BrN4O4S/c1-10-16-18(23-13-3-2-6-24(13)19(16)27)30-17(10)20(28)29-9-12-7-15(26)25-8-11(21)4-5-14(25)22-12/h4-5,7-8H,2-3,6,9H2,1H3. The molecule has 5 heterocycles. The predicted molar refractivity (Wildman–Crippen MR) is 115 cm³/mol. The third-order valence-corrected chi connectivity index (χ3v) is 6.76. The third-order valence-electron chi connectivity index (χ3n) is 5.12. The van der Waals surface area contributed by atoms with Crippen LogP contribution in [0.3, 0.4) is 0 Å². The van der Waals surface area contributed by atoms with Gasteiger partial charge in [-0.05, 0) is 47.0 Å². The molecular weight excluding hydrogens is 472 g/mol. The molecule has 4 aromatic rings. The zero-order chi connectivity index (χ0) is 21.0. The monoisotopic (exact) mass is 486 g/mol. The van der Waals surface area contributed by atoms with Crippen molar-refractivity contribution in [2.24, 2.45) is 0 Å². The molecule has 0 aromatic carbocycles. The molecule has 0 spiro atoms. The van der Waals surface area contributed by atoms with Gasteiger partial charge in [-0.25, -0.2) is 14.8 Å². The fraction of sp³-hybridized carbons (Fsp3) is 0.250. The van der Waals surface area contributed by atoms with Crippen LogP contribution in [-0.4, -0.2) is 24.9 Å². The van der Waals surface area contributed by atoms with E-state index in [9.17, 15) is 14.4 Å². The Morgan fingerprint density at radius 3 is 2.97 bits per heavy atom. The molecule has 5 rings (SSSR count). The number of hydrogen-bond donors (Lipinski definition) is 0. The van der Waals surface area contributed by atoms with Crippen LogP contribution < -0.4 is 11.1 Å². The number of esters is 1. The van der Waals surface area contributed by atoms with Crippen molar-refractivity contribution >= 4 is 49.1 Å². The summed E-state index contributed by atoms with van der Waals surface area (Å²) in [4.78, 5) is 47.6. The first-order valence-corrected chi connectivity index (χ1v) is 10.9. The van der Waals surface area contributed by atoms with E-state index in [1.807, 2.05) is 0 Å². The molecule has 0 saturated heterocycles. The summed E-state index contributed by atoms with van der Waals surface area (Å²) >= 11 is 4.48. The zero-order valence-corrected chi connectivity index (χ0v) is 18.2. The Balaban J connectivity index is 1.44. The Bertz CT molecular complexity index is 1470. The van der Waals surface area contributed by atoms with Crippen LogP contribution in [0, 0.1) is 6.92 Å². The molecule has 0 bridgehead atoms. The average Bonchev–Trinajstić information content (AvgIpc) is 3.32. The summed E-state index contributed by atoms with van der Waals surface area (Å²) in [5.74, 6) is 0.207. The van der Waals surface area contributed by atoms with E-state index in [0.29, 0.717) is 38.5 Å². The van der Waals surface area contributed by atoms with Crippen LogP contribution in [0.2, 0.25) is 0 Å². The number of hydrogen-bond acceptors (Lipinski definition) is 7. The van der Waals surface area contributed by atoms with Gasteiger partial charge in [-0.1, -0.05) is 0 Å². The van der Waals surface area contributed by atoms with Crippen molar-refractivity contribution in [1.82, 2.24) is 18.9 Å². The van der Waals surface area contributed by atoms with Gasteiger partial charge < -0.3 is 4.74 Å². The first kappa shape index (κ1) is 19.1. The number of fused-ring (bicyclic) bond motifs is 3. The third kappa shape index (κ3) is 3.07. The molecule has 0 aliphatic carbocycles. The summed E-state index contributed by atoms with van der Waals surface area (Å²) in [6.45, 7) is 2.25. The highest BCUT2D eigenvalue weighted by Crippen LogP contribution is 2.29. The highest BCUT2D eigenvalue weighted by Gasteiger charge is 2.24. The SMILES string of the molecule is Cc1c(C(=O)OCc2cc(=O)n3cc(Br)ccc3n2)sc2nc3n(c(=O)c12)CCC3. The average molecular weight is 487 g/mol. The fourth-order valence-electron chi connectivity index (χ4n) is 3.68. The molecule has 0 saturated carbocycles. The minimum atomic E-state index is -0.558. The van der Waals surface area contributed by atoms with Gasteiger partial charge in [0, 0.05) is 29.7 Å². The van der Waals surface area contributed by atoms with Crippen molar-refractivity contribution in [1.29, 1.82) is 0 Å². The van der Waals surface area contributed by atoms with E-state index < -0.39 is 5.97 Å². The Labute approximate surface area is 181 Å². The van der Waals surface area contributed by atoms with E-state index in [2.05, 4.69) is 25.9 Å². The Morgan fingerprint density at radius 2 is 2.13 bits per heavy atom. The largest absolute Gasteiger partial charge is 0.455 e. The molecule has 152 valence electrons. The van der Waals surface area contributed by atoms with Crippen LogP contribution in [0.1, 0.15) is 33.2 Å². The van der Waals surface area contributed by atoms with Crippen molar-refractivity contribution in [2.75, 3.05) is 0 Å². The topological polar surface area (TPSA) is 95.6 Å². The van der Waals surface area contributed by atoms with Crippen LogP contribution in [0.25, 0.3) is 15.9 Å². The first-order chi connectivity index (χ1) is 14.4. The lowest BCUT2D eigenvalue weighted by Gasteiger charge is -2.06. The number of ether oxygens (including phenoxy) is 1. The number of carbonyl (C=O) groups is 1. The smallest absolute Gasteiger partial charge is 0.349 e. The van der Waals surface area contributed by atoms with Gasteiger partial charge in [0.05, 0.1) is 11.1 Å².